The van der Waals surface area contributed by atoms with E-state index in [1.807, 2.05) is 42.3 Å². The van der Waals surface area contributed by atoms with E-state index in [-0.39, 0.29) is 11.8 Å². The lowest BCUT2D eigenvalue weighted by molar-refractivity contribution is -0.130. The van der Waals surface area contributed by atoms with Crippen LogP contribution >= 0.6 is 0 Å². The maximum Gasteiger partial charge on any atom is 0.246 e. The monoisotopic (exact) mass is 216 g/mol. The first-order chi connectivity index (χ1) is 7.74. The number of nitrogens with zero attached hydrogens (tertiary/aromatic N) is 2. The number of para-hydroxylation sites is 1. The molecule has 1 aliphatic rings. The van der Waals surface area contributed by atoms with Gasteiger partial charge < -0.3 is 0 Å². The third-order valence-electron chi connectivity index (χ3n) is 2.77. The Labute approximate surface area is 95.9 Å². The van der Waals surface area contributed by atoms with Crippen LogP contribution in [0.5, 0.6) is 0 Å². The van der Waals surface area contributed by atoms with E-state index in [0.29, 0.717) is 6.54 Å². The first-order valence-corrected chi connectivity index (χ1v) is 5.49. The third-order valence-corrected chi connectivity index (χ3v) is 2.77. The van der Waals surface area contributed by atoms with Crippen LogP contribution in [0, 0.1) is 5.92 Å². The molecular weight excluding hydrogens is 200 g/mol. The van der Waals surface area contributed by atoms with Crippen LogP contribution in [0.1, 0.15) is 6.92 Å². The Morgan fingerprint density at radius 3 is 2.75 bits per heavy atom. The highest BCUT2D eigenvalue weighted by atomic mass is 16.2. The molecular formula is C13H16N2O. The molecule has 1 aromatic carbocycles. The van der Waals surface area contributed by atoms with Crippen molar-refractivity contribution in [2.24, 2.45) is 5.92 Å². The lowest BCUT2D eigenvalue weighted by Gasteiger charge is -2.28. The Balaban J connectivity index is 2.27. The van der Waals surface area contributed by atoms with E-state index in [9.17, 15) is 4.79 Å². The summed E-state index contributed by atoms with van der Waals surface area (Å²) in [5.74, 6) is 0.226. The largest absolute Gasteiger partial charge is 0.282 e. The van der Waals surface area contributed by atoms with Gasteiger partial charge in [0, 0.05) is 0 Å². The zero-order chi connectivity index (χ0) is 11.5. The molecule has 1 saturated heterocycles. The molecule has 0 saturated carbocycles. The van der Waals surface area contributed by atoms with Crippen molar-refractivity contribution in [3.63, 3.8) is 0 Å². The molecule has 0 spiro atoms. The second-order valence-electron chi connectivity index (χ2n) is 4.03. The van der Waals surface area contributed by atoms with Gasteiger partial charge in [0.25, 0.3) is 0 Å². The van der Waals surface area contributed by atoms with Crippen LogP contribution < -0.4 is 5.01 Å². The van der Waals surface area contributed by atoms with E-state index in [4.69, 9.17) is 0 Å². The van der Waals surface area contributed by atoms with Crippen LogP contribution in [0.15, 0.2) is 43.0 Å². The van der Waals surface area contributed by atoms with Gasteiger partial charge in [-0.15, -0.1) is 6.58 Å². The van der Waals surface area contributed by atoms with Crippen LogP contribution in [0.4, 0.5) is 5.69 Å². The zero-order valence-electron chi connectivity index (χ0n) is 9.47. The summed E-state index contributed by atoms with van der Waals surface area (Å²) in [6.45, 7) is 6.97. The highest BCUT2D eigenvalue weighted by molar-refractivity contribution is 5.84. The second-order valence-corrected chi connectivity index (χ2v) is 4.03. The minimum Gasteiger partial charge on any atom is -0.282 e. The van der Waals surface area contributed by atoms with Gasteiger partial charge in [-0.3, -0.25) is 9.80 Å². The van der Waals surface area contributed by atoms with Crippen molar-refractivity contribution in [3.8, 4) is 0 Å². The van der Waals surface area contributed by atoms with Gasteiger partial charge in [-0.25, -0.2) is 5.01 Å². The minimum atomic E-state index is 0.0557. The molecule has 0 aromatic heterocycles. The fourth-order valence-corrected chi connectivity index (χ4v) is 1.97. The number of amides is 1. The number of hydrazine groups is 1. The summed E-state index contributed by atoms with van der Waals surface area (Å²) in [6, 6.07) is 9.97. The normalized spacial score (nSPS) is 20.3. The van der Waals surface area contributed by atoms with Gasteiger partial charge in [0.15, 0.2) is 0 Å². The van der Waals surface area contributed by atoms with Gasteiger partial charge in [-0.05, 0) is 12.1 Å². The summed E-state index contributed by atoms with van der Waals surface area (Å²) in [4.78, 5) is 11.9. The topological polar surface area (TPSA) is 23.6 Å². The summed E-state index contributed by atoms with van der Waals surface area (Å²) in [6.07, 6.45) is 1.76. The van der Waals surface area contributed by atoms with Crippen molar-refractivity contribution in [3.05, 3.63) is 43.0 Å². The number of carbonyl (C=O) groups is 1. The highest BCUT2D eigenvalue weighted by Crippen LogP contribution is 2.24. The molecule has 0 bridgehead atoms. The summed E-state index contributed by atoms with van der Waals surface area (Å²) in [7, 11) is 0. The summed E-state index contributed by atoms with van der Waals surface area (Å²) < 4.78 is 0. The fraction of sp³-hybridized carbons (Fsp3) is 0.308. The quantitative estimate of drug-likeness (QED) is 0.722. The molecule has 16 heavy (non-hydrogen) atoms. The average molecular weight is 216 g/mol. The van der Waals surface area contributed by atoms with Crippen LogP contribution in [0.25, 0.3) is 0 Å². The molecule has 2 rings (SSSR count). The van der Waals surface area contributed by atoms with Crippen molar-refractivity contribution in [2.45, 2.75) is 6.92 Å². The van der Waals surface area contributed by atoms with E-state index >= 15 is 0 Å². The second kappa shape index (κ2) is 4.39. The Bertz CT molecular complexity index is 388. The predicted molar refractivity (Wildman–Crippen MR) is 64.9 cm³/mol. The summed E-state index contributed by atoms with van der Waals surface area (Å²) in [5, 5.41) is 3.78. The molecule has 0 unspecified atom stereocenters. The van der Waals surface area contributed by atoms with Gasteiger partial charge in [0.2, 0.25) is 5.91 Å². The van der Waals surface area contributed by atoms with Gasteiger partial charge >= 0.3 is 0 Å². The van der Waals surface area contributed by atoms with Crippen molar-refractivity contribution in [1.82, 2.24) is 5.01 Å². The van der Waals surface area contributed by atoms with Crippen LogP contribution in [-0.4, -0.2) is 24.0 Å². The fourth-order valence-electron chi connectivity index (χ4n) is 1.97. The minimum absolute atomic E-state index is 0.0557. The molecule has 84 valence electrons. The first kappa shape index (κ1) is 10.7. The Hall–Kier alpha value is -1.77. The molecule has 0 N–H and O–H groups in total. The molecule has 1 aromatic rings. The maximum absolute atomic E-state index is 11.9. The van der Waals surface area contributed by atoms with Crippen molar-refractivity contribution in [2.75, 3.05) is 18.1 Å². The van der Waals surface area contributed by atoms with Gasteiger partial charge in [0.1, 0.15) is 0 Å². The lowest BCUT2D eigenvalue weighted by Crippen LogP contribution is -2.39. The van der Waals surface area contributed by atoms with E-state index < -0.39 is 0 Å². The van der Waals surface area contributed by atoms with Crippen molar-refractivity contribution in [1.29, 1.82) is 0 Å². The number of anilines is 1. The molecule has 1 fully saturated rings. The predicted octanol–water partition coefficient (Wildman–Crippen LogP) is 2.07. The number of rotatable bonds is 3. The zero-order valence-corrected chi connectivity index (χ0v) is 9.47. The molecule has 3 heteroatoms. The molecule has 3 nitrogen and oxygen atoms in total. The van der Waals surface area contributed by atoms with Crippen molar-refractivity contribution >= 4 is 11.6 Å². The number of hydrogen-bond donors (Lipinski definition) is 0. The van der Waals surface area contributed by atoms with Crippen LogP contribution in [0.3, 0.4) is 0 Å². The van der Waals surface area contributed by atoms with E-state index in [1.165, 1.54) is 0 Å². The average Bonchev–Trinajstić information content (AvgIpc) is 2.59. The molecule has 1 amide bonds. The summed E-state index contributed by atoms with van der Waals surface area (Å²) in [5.41, 5.74) is 1.06. The lowest BCUT2D eigenvalue weighted by atomic mass is 10.2. The van der Waals surface area contributed by atoms with E-state index in [0.717, 1.165) is 12.2 Å². The highest BCUT2D eigenvalue weighted by Gasteiger charge is 2.34. The molecule has 0 radical (unpaired) electrons. The van der Waals surface area contributed by atoms with Crippen LogP contribution in [-0.2, 0) is 4.79 Å². The van der Waals surface area contributed by atoms with Gasteiger partial charge in [0.05, 0.1) is 24.7 Å². The standard InChI is InChI=1S/C13H16N2O/c1-3-9-14-13(16)11(2)10-15(14)12-7-5-4-6-8-12/h3-8,11H,1,9-10H2,2H3/t11-/m0/s1. The van der Waals surface area contributed by atoms with E-state index in [1.54, 1.807) is 11.1 Å². The smallest absolute Gasteiger partial charge is 0.246 e. The molecule has 1 atom stereocenters. The van der Waals surface area contributed by atoms with Crippen molar-refractivity contribution < 1.29 is 4.79 Å². The molecule has 1 heterocycles. The van der Waals surface area contributed by atoms with Gasteiger partial charge in [-0.2, -0.15) is 0 Å². The maximum atomic E-state index is 11.9. The first-order valence-electron chi connectivity index (χ1n) is 5.49. The Morgan fingerprint density at radius 2 is 2.12 bits per heavy atom. The Morgan fingerprint density at radius 1 is 1.44 bits per heavy atom. The van der Waals surface area contributed by atoms with Crippen LogP contribution in [0.2, 0.25) is 0 Å². The third kappa shape index (κ3) is 1.81. The molecule has 1 aliphatic heterocycles. The number of hydrogen-bond acceptors (Lipinski definition) is 2. The van der Waals surface area contributed by atoms with Gasteiger partial charge in [-0.1, -0.05) is 31.2 Å². The Kier molecular flexibility index (Phi) is 2.95. The SMILES string of the molecule is C=CCN1C(=O)[C@@H](C)CN1c1ccccc1. The number of carbonyl (C=O) groups excluding carboxylic acids is 1. The van der Waals surface area contributed by atoms with E-state index in [2.05, 4.69) is 6.58 Å². The number of benzene rings is 1. The molecule has 0 aliphatic carbocycles. The summed E-state index contributed by atoms with van der Waals surface area (Å²) >= 11 is 0.